The number of thiophene rings is 1. The van der Waals surface area contributed by atoms with Crippen LogP contribution in [0, 0.1) is 23.2 Å². The zero-order valence-corrected chi connectivity index (χ0v) is 19.5. The third-order valence-electron chi connectivity index (χ3n) is 7.13. The normalized spacial score (nSPS) is 28.5. The largest absolute Gasteiger partial charge is 0.356 e. The first-order chi connectivity index (χ1) is 16.2. The van der Waals surface area contributed by atoms with Crippen LogP contribution >= 0.6 is 22.9 Å². The van der Waals surface area contributed by atoms with Crippen molar-refractivity contribution in [1.82, 2.24) is 20.5 Å². The maximum Gasteiger partial charge on any atom is 0.271 e. The van der Waals surface area contributed by atoms with Gasteiger partial charge in [-0.2, -0.15) is 5.26 Å². The molecule has 34 heavy (non-hydrogen) atoms. The summed E-state index contributed by atoms with van der Waals surface area (Å²) >= 11 is 7.49. The fourth-order valence-electron chi connectivity index (χ4n) is 5.49. The average Bonchev–Trinajstić information content (AvgIpc) is 3.49. The maximum absolute atomic E-state index is 14.9. The molecule has 5 heterocycles. The molecule has 1 saturated carbocycles. The Hall–Kier alpha value is -2.71. The minimum Gasteiger partial charge on any atom is -0.356 e. The van der Waals surface area contributed by atoms with E-state index in [0.717, 1.165) is 4.70 Å². The van der Waals surface area contributed by atoms with Gasteiger partial charge in [0.1, 0.15) is 17.8 Å². The Morgan fingerprint density at radius 1 is 1.38 bits per heavy atom. The second-order valence-electron chi connectivity index (χ2n) is 9.17. The van der Waals surface area contributed by atoms with Crippen LogP contribution in [0.25, 0.3) is 10.2 Å². The number of amides is 3. The highest BCUT2D eigenvalue weighted by Crippen LogP contribution is 2.49. The van der Waals surface area contributed by atoms with Gasteiger partial charge in [-0.3, -0.25) is 14.4 Å². The van der Waals surface area contributed by atoms with E-state index in [1.54, 1.807) is 11.4 Å². The fraction of sp³-hybridized carbons (Fsp3) is 0.545. The van der Waals surface area contributed by atoms with Crippen LogP contribution in [0.1, 0.15) is 42.6 Å². The Bertz CT molecular complexity index is 1210. The minimum atomic E-state index is -3.10. The SMILES string of the molecule is N#C[C@H](C[C@@H]1CCNC1=O)NC(=O)[C@@H]1[C@H]2CC[C@H](CC2(F)F)N1C(=O)c1cc2scc(Cl)c2[nH]1. The van der Waals surface area contributed by atoms with E-state index in [2.05, 4.69) is 15.6 Å². The number of H-pyrrole nitrogens is 1. The lowest BCUT2D eigenvalue weighted by Crippen LogP contribution is -2.68. The van der Waals surface area contributed by atoms with Crippen molar-refractivity contribution in [3.63, 3.8) is 0 Å². The number of nitrogens with one attached hydrogen (secondary N) is 3. The van der Waals surface area contributed by atoms with E-state index in [9.17, 15) is 28.4 Å². The first kappa shape index (κ1) is 23.1. The molecule has 2 aromatic heterocycles. The molecule has 2 bridgehead atoms. The van der Waals surface area contributed by atoms with E-state index in [-0.39, 0.29) is 24.4 Å². The number of alkyl halides is 2. The Balaban J connectivity index is 1.42. The highest BCUT2D eigenvalue weighted by molar-refractivity contribution is 7.17. The van der Waals surface area contributed by atoms with E-state index in [0.29, 0.717) is 29.9 Å². The minimum absolute atomic E-state index is 0.0879. The lowest BCUT2D eigenvalue weighted by atomic mass is 9.71. The molecule has 0 radical (unpaired) electrons. The Labute approximate surface area is 202 Å². The van der Waals surface area contributed by atoms with E-state index >= 15 is 0 Å². The van der Waals surface area contributed by atoms with Crippen LogP contribution in [0.4, 0.5) is 8.78 Å². The molecule has 3 aliphatic heterocycles. The van der Waals surface area contributed by atoms with Crippen LogP contribution in [-0.2, 0) is 9.59 Å². The molecule has 0 aromatic carbocycles. The van der Waals surface area contributed by atoms with Crippen LogP contribution < -0.4 is 10.6 Å². The van der Waals surface area contributed by atoms with Gasteiger partial charge in [-0.15, -0.1) is 11.3 Å². The van der Waals surface area contributed by atoms with Crippen molar-refractivity contribution in [2.24, 2.45) is 11.8 Å². The van der Waals surface area contributed by atoms with Crippen molar-refractivity contribution in [3.05, 3.63) is 22.2 Å². The molecule has 3 amide bonds. The lowest BCUT2D eigenvalue weighted by Gasteiger charge is -2.53. The number of hydrogen-bond acceptors (Lipinski definition) is 5. The van der Waals surface area contributed by atoms with Gasteiger partial charge in [-0.05, 0) is 31.7 Å². The van der Waals surface area contributed by atoms with E-state index in [1.807, 2.05) is 6.07 Å². The maximum atomic E-state index is 14.9. The molecule has 1 aliphatic carbocycles. The second-order valence-corrected chi connectivity index (χ2v) is 10.5. The summed E-state index contributed by atoms with van der Waals surface area (Å²) in [6.07, 6.45) is 0.594. The smallest absolute Gasteiger partial charge is 0.271 e. The molecule has 0 unspecified atom stereocenters. The van der Waals surface area contributed by atoms with E-state index < -0.39 is 54.1 Å². The molecule has 2 aromatic rings. The number of hydrogen-bond donors (Lipinski definition) is 3. The van der Waals surface area contributed by atoms with Gasteiger partial charge < -0.3 is 20.5 Å². The first-order valence-electron chi connectivity index (χ1n) is 11.1. The van der Waals surface area contributed by atoms with E-state index in [1.165, 1.54) is 16.2 Å². The molecular weight excluding hydrogens is 488 g/mol. The predicted octanol–water partition coefficient (Wildman–Crippen LogP) is 3.05. The van der Waals surface area contributed by atoms with Gasteiger partial charge in [0.25, 0.3) is 11.8 Å². The molecule has 8 nitrogen and oxygen atoms in total. The summed E-state index contributed by atoms with van der Waals surface area (Å²) < 4.78 is 30.5. The van der Waals surface area contributed by atoms with Crippen molar-refractivity contribution in [1.29, 1.82) is 5.26 Å². The predicted molar refractivity (Wildman–Crippen MR) is 120 cm³/mol. The lowest BCUT2D eigenvalue weighted by molar-refractivity contribution is -0.179. The van der Waals surface area contributed by atoms with Crippen molar-refractivity contribution < 1.29 is 23.2 Å². The van der Waals surface area contributed by atoms with Gasteiger partial charge in [0.15, 0.2) is 0 Å². The third-order valence-corrected chi connectivity index (χ3v) is 8.49. The summed E-state index contributed by atoms with van der Waals surface area (Å²) in [6, 6.07) is 0.323. The number of halogens is 3. The van der Waals surface area contributed by atoms with Gasteiger partial charge in [-0.25, -0.2) is 8.78 Å². The number of rotatable bonds is 5. The van der Waals surface area contributed by atoms with Crippen LogP contribution in [-0.4, -0.2) is 58.2 Å². The molecular formula is C22H22ClF2N5O3S. The molecule has 3 saturated heterocycles. The fourth-order valence-corrected chi connectivity index (χ4v) is 6.64. The Morgan fingerprint density at radius 3 is 2.82 bits per heavy atom. The zero-order chi connectivity index (χ0) is 24.2. The standard InChI is InChI=1S/C22H22ClF2N5O3S/c23-14-9-34-16-6-15(29-17(14)16)21(33)30-12-1-2-13(22(24,25)7-12)18(30)20(32)28-11(8-26)5-10-3-4-27-19(10)31/h6,9-13,18,29H,1-5,7H2,(H,27,31)(H,28,32)/t10-,11-,12+,13+,18-/m0/s1. The third kappa shape index (κ3) is 3.82. The summed E-state index contributed by atoms with van der Waals surface area (Å²) in [5, 5.41) is 16.9. The molecule has 4 fully saturated rings. The highest BCUT2D eigenvalue weighted by atomic mass is 35.5. The molecule has 180 valence electrons. The monoisotopic (exact) mass is 509 g/mol. The van der Waals surface area contributed by atoms with Crippen molar-refractivity contribution >= 4 is 50.9 Å². The summed E-state index contributed by atoms with van der Waals surface area (Å²) in [4.78, 5) is 42.9. The molecule has 4 aliphatic rings. The Morgan fingerprint density at radius 2 is 2.18 bits per heavy atom. The van der Waals surface area contributed by atoms with Gasteiger partial charge in [0.05, 0.1) is 27.2 Å². The van der Waals surface area contributed by atoms with Crippen LogP contribution in [0.15, 0.2) is 11.4 Å². The molecule has 3 N–H and O–H groups in total. The van der Waals surface area contributed by atoms with Crippen molar-refractivity contribution in [2.45, 2.75) is 56.2 Å². The van der Waals surface area contributed by atoms with Crippen LogP contribution in [0.3, 0.4) is 0 Å². The average molecular weight is 510 g/mol. The van der Waals surface area contributed by atoms with Gasteiger partial charge in [-0.1, -0.05) is 11.6 Å². The summed E-state index contributed by atoms with van der Waals surface area (Å²) in [5.74, 6) is -6.42. The molecule has 5 atom stereocenters. The van der Waals surface area contributed by atoms with Crippen LogP contribution in [0.5, 0.6) is 0 Å². The summed E-state index contributed by atoms with van der Waals surface area (Å²) in [5.41, 5.74) is 0.764. The molecule has 6 rings (SSSR count). The van der Waals surface area contributed by atoms with Crippen LogP contribution in [0.2, 0.25) is 5.02 Å². The quantitative estimate of drug-likeness (QED) is 0.574. The number of piperidine rings is 2. The summed E-state index contributed by atoms with van der Waals surface area (Å²) in [7, 11) is 0. The number of nitrogens with zero attached hydrogens (tertiary/aromatic N) is 2. The van der Waals surface area contributed by atoms with Crippen molar-refractivity contribution in [3.8, 4) is 6.07 Å². The number of aromatic amines is 1. The Kier molecular flexibility index (Phi) is 5.76. The van der Waals surface area contributed by atoms with Gasteiger partial charge in [0, 0.05) is 30.3 Å². The topological polar surface area (TPSA) is 118 Å². The summed E-state index contributed by atoms with van der Waals surface area (Å²) in [6.45, 7) is 0.494. The number of aromatic nitrogens is 1. The first-order valence-corrected chi connectivity index (χ1v) is 12.4. The number of carbonyl (C=O) groups excluding carboxylic acids is 3. The molecule has 0 spiro atoms. The number of carbonyl (C=O) groups is 3. The number of nitriles is 1. The van der Waals surface area contributed by atoms with Gasteiger partial charge in [0.2, 0.25) is 11.8 Å². The second kappa shape index (κ2) is 8.50. The van der Waals surface area contributed by atoms with Crippen molar-refractivity contribution in [2.75, 3.05) is 6.54 Å². The van der Waals surface area contributed by atoms with Gasteiger partial charge >= 0.3 is 0 Å². The zero-order valence-electron chi connectivity index (χ0n) is 17.9. The highest BCUT2D eigenvalue weighted by Gasteiger charge is 2.60. The number of fused-ring (bicyclic) bond motifs is 4. The molecule has 12 heteroatoms. The van der Waals surface area contributed by atoms with E-state index in [4.69, 9.17) is 11.6 Å².